The molecular formula is C21H26N4O2. The summed E-state index contributed by atoms with van der Waals surface area (Å²) in [6, 6.07) is 8.04. The van der Waals surface area contributed by atoms with E-state index in [-0.39, 0.29) is 6.79 Å². The lowest BCUT2D eigenvalue weighted by molar-refractivity contribution is 0.0227. The summed E-state index contributed by atoms with van der Waals surface area (Å²) in [6.07, 6.45) is 7.83. The first kappa shape index (κ1) is 19.2. The van der Waals surface area contributed by atoms with Gasteiger partial charge in [-0.25, -0.2) is 0 Å². The molecule has 0 spiro atoms. The van der Waals surface area contributed by atoms with E-state index in [0.717, 1.165) is 47.7 Å². The molecule has 3 rings (SSSR count). The van der Waals surface area contributed by atoms with Crippen LogP contribution in [0.15, 0.2) is 24.3 Å². The molecule has 1 aliphatic heterocycles. The number of rotatable bonds is 7. The minimum absolute atomic E-state index is 0.165. The van der Waals surface area contributed by atoms with Crippen molar-refractivity contribution in [2.75, 3.05) is 31.8 Å². The number of ether oxygens (including phenoxy) is 2. The molecule has 2 aromatic rings. The van der Waals surface area contributed by atoms with E-state index in [1.54, 1.807) is 0 Å². The molecule has 0 unspecified atom stereocenters. The Bertz CT molecular complexity index is 810. The maximum absolute atomic E-state index is 5.77. The normalized spacial score (nSPS) is 16.6. The topological polar surface area (TPSA) is 68.3 Å². The van der Waals surface area contributed by atoms with Crippen molar-refractivity contribution in [1.82, 2.24) is 15.5 Å². The molecule has 142 valence electrons. The lowest BCUT2D eigenvalue weighted by Crippen LogP contribution is -2.38. The number of terminal acetylenes is 1. The van der Waals surface area contributed by atoms with E-state index in [4.69, 9.17) is 15.9 Å². The summed E-state index contributed by atoms with van der Waals surface area (Å²) in [6.45, 7) is 6.73. The van der Waals surface area contributed by atoms with Crippen LogP contribution >= 0.6 is 0 Å². The summed E-state index contributed by atoms with van der Waals surface area (Å²) < 4.78 is 11.1. The Morgan fingerprint density at radius 1 is 1.33 bits per heavy atom. The van der Waals surface area contributed by atoms with Gasteiger partial charge in [0.2, 0.25) is 0 Å². The van der Waals surface area contributed by atoms with E-state index >= 15 is 0 Å². The first-order valence-electron chi connectivity index (χ1n) is 9.34. The molecule has 1 atom stereocenters. The highest BCUT2D eigenvalue weighted by Gasteiger charge is 2.16. The Balaban J connectivity index is 1.83. The van der Waals surface area contributed by atoms with Gasteiger partial charge in [-0.3, -0.25) is 0 Å². The molecule has 0 amide bonds. The second-order valence-corrected chi connectivity index (χ2v) is 6.56. The summed E-state index contributed by atoms with van der Waals surface area (Å²) in [5.74, 6) is 4.07. The fraction of sp³-hybridized carbons (Fsp3) is 0.429. The third kappa shape index (κ3) is 4.97. The summed E-state index contributed by atoms with van der Waals surface area (Å²) in [7, 11) is 0. The van der Waals surface area contributed by atoms with Crippen LogP contribution in [0.2, 0.25) is 0 Å². The summed E-state index contributed by atoms with van der Waals surface area (Å²) >= 11 is 0. The SMILES string of the molecule is C#Cc1ccc(-c2nnc(N[C@@H]3CCCNC3)cc2C)c(OCOCC)c1. The largest absolute Gasteiger partial charge is 0.467 e. The number of hydrogen-bond acceptors (Lipinski definition) is 6. The summed E-state index contributed by atoms with van der Waals surface area (Å²) in [5.41, 5.74) is 3.40. The number of anilines is 1. The van der Waals surface area contributed by atoms with Gasteiger partial charge in [-0.05, 0) is 63.1 Å². The van der Waals surface area contributed by atoms with Gasteiger partial charge in [-0.15, -0.1) is 16.6 Å². The van der Waals surface area contributed by atoms with Crippen molar-refractivity contribution in [2.45, 2.75) is 32.7 Å². The number of nitrogens with zero attached hydrogens (tertiary/aromatic N) is 2. The van der Waals surface area contributed by atoms with Gasteiger partial charge in [0.1, 0.15) is 11.6 Å². The first-order valence-corrected chi connectivity index (χ1v) is 9.34. The van der Waals surface area contributed by atoms with E-state index in [9.17, 15) is 0 Å². The number of aryl methyl sites for hydroxylation is 1. The van der Waals surface area contributed by atoms with Crippen LogP contribution in [0.25, 0.3) is 11.3 Å². The highest BCUT2D eigenvalue weighted by Crippen LogP contribution is 2.32. The average Bonchev–Trinajstić information content (AvgIpc) is 2.69. The van der Waals surface area contributed by atoms with Crippen LogP contribution in [0.3, 0.4) is 0 Å². The maximum atomic E-state index is 5.77. The van der Waals surface area contributed by atoms with Gasteiger partial charge in [-0.1, -0.05) is 5.92 Å². The average molecular weight is 366 g/mol. The van der Waals surface area contributed by atoms with E-state index in [2.05, 4.69) is 26.8 Å². The Labute approximate surface area is 160 Å². The van der Waals surface area contributed by atoms with E-state index < -0.39 is 0 Å². The molecule has 1 aromatic carbocycles. The second-order valence-electron chi connectivity index (χ2n) is 6.56. The quantitative estimate of drug-likeness (QED) is 0.446. The number of benzene rings is 1. The van der Waals surface area contributed by atoms with Crippen molar-refractivity contribution in [3.8, 4) is 29.4 Å². The van der Waals surface area contributed by atoms with Gasteiger partial charge in [0.25, 0.3) is 0 Å². The molecule has 0 radical (unpaired) electrons. The highest BCUT2D eigenvalue weighted by molar-refractivity contribution is 5.71. The van der Waals surface area contributed by atoms with Crippen molar-refractivity contribution < 1.29 is 9.47 Å². The van der Waals surface area contributed by atoms with E-state index in [1.807, 2.05) is 38.1 Å². The number of hydrogen-bond donors (Lipinski definition) is 2. The van der Waals surface area contributed by atoms with Crippen LogP contribution in [0.4, 0.5) is 5.82 Å². The Kier molecular flexibility index (Phi) is 6.64. The minimum atomic E-state index is 0.165. The van der Waals surface area contributed by atoms with Gasteiger partial charge in [-0.2, -0.15) is 0 Å². The zero-order valence-electron chi connectivity index (χ0n) is 15.9. The molecule has 0 aliphatic carbocycles. The second kappa shape index (κ2) is 9.36. The van der Waals surface area contributed by atoms with E-state index in [1.165, 1.54) is 6.42 Å². The minimum Gasteiger partial charge on any atom is -0.467 e. The van der Waals surface area contributed by atoms with Gasteiger partial charge < -0.3 is 20.1 Å². The van der Waals surface area contributed by atoms with E-state index in [0.29, 0.717) is 18.4 Å². The molecule has 0 saturated carbocycles. The van der Waals surface area contributed by atoms with Crippen LogP contribution in [-0.2, 0) is 4.74 Å². The molecule has 1 aliphatic rings. The maximum Gasteiger partial charge on any atom is 0.189 e. The molecule has 0 bridgehead atoms. The molecular weight excluding hydrogens is 340 g/mol. The van der Waals surface area contributed by atoms with Crippen molar-refractivity contribution in [1.29, 1.82) is 0 Å². The standard InChI is InChI=1S/C21H26N4O2/c1-4-16-8-9-18(19(12-16)27-14-26-5-2)21-15(3)11-20(24-25-21)23-17-7-6-10-22-13-17/h1,8-9,11-12,17,22H,5-7,10,13-14H2,2-3H3,(H,23,24)/t17-/m1/s1. The molecule has 2 N–H and O–H groups in total. The number of nitrogens with one attached hydrogen (secondary N) is 2. The number of aromatic nitrogens is 2. The Morgan fingerprint density at radius 2 is 2.22 bits per heavy atom. The lowest BCUT2D eigenvalue weighted by atomic mass is 10.0. The van der Waals surface area contributed by atoms with Gasteiger partial charge in [0, 0.05) is 30.3 Å². The predicted molar refractivity (Wildman–Crippen MR) is 107 cm³/mol. The molecule has 6 nitrogen and oxygen atoms in total. The number of piperidine rings is 1. The van der Waals surface area contributed by atoms with Crippen LogP contribution in [0.5, 0.6) is 5.75 Å². The summed E-state index contributed by atoms with van der Waals surface area (Å²) in [4.78, 5) is 0. The molecule has 2 heterocycles. The van der Waals surface area contributed by atoms with Crippen LogP contribution < -0.4 is 15.4 Å². The molecule has 6 heteroatoms. The molecule has 1 saturated heterocycles. The van der Waals surface area contributed by atoms with Crippen molar-refractivity contribution in [2.24, 2.45) is 0 Å². The van der Waals surface area contributed by atoms with Crippen LogP contribution in [-0.4, -0.2) is 42.7 Å². The van der Waals surface area contributed by atoms with Crippen molar-refractivity contribution >= 4 is 5.82 Å². The van der Waals surface area contributed by atoms with Crippen LogP contribution in [0.1, 0.15) is 30.9 Å². The third-order valence-corrected chi connectivity index (χ3v) is 4.54. The van der Waals surface area contributed by atoms with Crippen LogP contribution in [0, 0.1) is 19.3 Å². The highest BCUT2D eigenvalue weighted by atomic mass is 16.7. The van der Waals surface area contributed by atoms with Crippen molar-refractivity contribution in [3.05, 3.63) is 35.4 Å². The molecule has 27 heavy (non-hydrogen) atoms. The lowest BCUT2D eigenvalue weighted by Gasteiger charge is -2.24. The molecule has 1 aromatic heterocycles. The Morgan fingerprint density at radius 3 is 2.93 bits per heavy atom. The Hall–Kier alpha value is -2.62. The zero-order chi connectivity index (χ0) is 19.1. The third-order valence-electron chi connectivity index (χ3n) is 4.54. The predicted octanol–water partition coefficient (Wildman–Crippen LogP) is 2.97. The fourth-order valence-electron chi connectivity index (χ4n) is 3.12. The fourth-order valence-corrected chi connectivity index (χ4v) is 3.12. The first-order chi connectivity index (χ1) is 13.2. The zero-order valence-corrected chi connectivity index (χ0v) is 15.9. The summed E-state index contributed by atoms with van der Waals surface area (Å²) in [5, 5.41) is 15.7. The molecule has 1 fully saturated rings. The smallest absolute Gasteiger partial charge is 0.189 e. The monoisotopic (exact) mass is 366 g/mol. The van der Waals surface area contributed by atoms with Gasteiger partial charge in [0.05, 0.1) is 5.69 Å². The van der Waals surface area contributed by atoms with Gasteiger partial charge in [0.15, 0.2) is 6.79 Å². The van der Waals surface area contributed by atoms with Crippen molar-refractivity contribution in [3.63, 3.8) is 0 Å². The van der Waals surface area contributed by atoms with Gasteiger partial charge >= 0.3 is 0 Å².